The Balaban J connectivity index is 1.60. The third kappa shape index (κ3) is 3.74. The Morgan fingerprint density at radius 2 is 1.80 bits per heavy atom. The Morgan fingerprint density at radius 3 is 2.44 bits per heavy atom. The first kappa shape index (κ1) is 17.2. The molecule has 1 aromatic carbocycles. The highest BCUT2D eigenvalue weighted by atomic mass is 16.5. The van der Waals surface area contributed by atoms with Crippen molar-refractivity contribution in [2.24, 2.45) is 0 Å². The van der Waals surface area contributed by atoms with Gasteiger partial charge < -0.3 is 20.3 Å². The van der Waals surface area contributed by atoms with Gasteiger partial charge >= 0.3 is 0 Å². The van der Waals surface area contributed by atoms with Gasteiger partial charge in [0.1, 0.15) is 13.2 Å². The van der Waals surface area contributed by atoms with E-state index in [4.69, 9.17) is 10.5 Å². The second-order valence-electron chi connectivity index (χ2n) is 6.29. The van der Waals surface area contributed by atoms with Crippen molar-refractivity contribution >= 4 is 28.4 Å². The molecule has 0 spiro atoms. The summed E-state index contributed by atoms with van der Waals surface area (Å²) in [5.74, 6) is -0.0442. The van der Waals surface area contributed by atoms with Crippen molar-refractivity contribution in [2.75, 3.05) is 45.6 Å². The second kappa shape index (κ2) is 7.10. The van der Waals surface area contributed by atoms with Crippen LogP contribution in [-0.2, 0) is 20.9 Å². The van der Waals surface area contributed by atoms with Gasteiger partial charge in [-0.05, 0) is 24.6 Å². The van der Waals surface area contributed by atoms with Crippen LogP contribution in [0, 0.1) is 6.92 Å². The summed E-state index contributed by atoms with van der Waals surface area (Å²) in [6, 6.07) is 3.80. The summed E-state index contributed by atoms with van der Waals surface area (Å²) in [4.78, 5) is 27.8. The fourth-order valence-electron chi connectivity index (χ4n) is 2.98. The SMILES string of the molecule is COCC(=O)N1CCN(C(=O)Cn2cc3cc(N)c(C)cc3n2)CC1. The van der Waals surface area contributed by atoms with Gasteiger partial charge in [0.15, 0.2) is 0 Å². The van der Waals surface area contributed by atoms with E-state index in [0.29, 0.717) is 26.2 Å². The Morgan fingerprint density at radius 1 is 1.16 bits per heavy atom. The number of anilines is 1. The Bertz CT molecular complexity index is 754. The maximum absolute atomic E-state index is 12.5. The lowest BCUT2D eigenvalue weighted by Crippen LogP contribution is -2.52. The molecule has 1 aliphatic rings. The number of aryl methyl sites for hydroxylation is 1. The molecule has 8 heteroatoms. The number of benzene rings is 1. The minimum absolute atomic E-state index is 0.00339. The van der Waals surface area contributed by atoms with Gasteiger partial charge in [-0.1, -0.05) is 0 Å². The highest BCUT2D eigenvalue weighted by Gasteiger charge is 2.24. The van der Waals surface area contributed by atoms with Crippen molar-refractivity contribution in [3.05, 3.63) is 23.9 Å². The minimum Gasteiger partial charge on any atom is -0.398 e. The van der Waals surface area contributed by atoms with Gasteiger partial charge in [0.2, 0.25) is 11.8 Å². The van der Waals surface area contributed by atoms with Crippen LogP contribution in [0.25, 0.3) is 10.9 Å². The van der Waals surface area contributed by atoms with E-state index in [1.54, 1.807) is 14.5 Å². The van der Waals surface area contributed by atoms with Crippen molar-refractivity contribution in [1.82, 2.24) is 19.6 Å². The maximum atomic E-state index is 12.5. The molecule has 2 aromatic rings. The van der Waals surface area contributed by atoms with Gasteiger partial charge in [-0.3, -0.25) is 14.3 Å². The number of carbonyl (C=O) groups is 2. The van der Waals surface area contributed by atoms with Gasteiger partial charge in [-0.15, -0.1) is 0 Å². The van der Waals surface area contributed by atoms with Gasteiger partial charge in [0, 0.05) is 50.6 Å². The van der Waals surface area contributed by atoms with Crippen LogP contribution in [0.2, 0.25) is 0 Å². The van der Waals surface area contributed by atoms with Gasteiger partial charge in [0.25, 0.3) is 0 Å². The number of methoxy groups -OCH3 is 1. The summed E-state index contributed by atoms with van der Waals surface area (Å²) in [7, 11) is 1.50. The molecule has 25 heavy (non-hydrogen) atoms. The molecule has 1 aromatic heterocycles. The number of ether oxygens (including phenoxy) is 1. The number of piperazine rings is 1. The molecule has 1 saturated heterocycles. The van der Waals surface area contributed by atoms with Crippen molar-refractivity contribution in [3.8, 4) is 0 Å². The molecular weight excluding hydrogens is 322 g/mol. The van der Waals surface area contributed by atoms with Crippen LogP contribution in [-0.4, -0.2) is 71.3 Å². The summed E-state index contributed by atoms with van der Waals surface area (Å²) >= 11 is 0. The predicted octanol–water partition coefficient (Wildman–Crippen LogP) is 0.244. The molecule has 2 amide bonds. The van der Waals surface area contributed by atoms with Crippen LogP contribution >= 0.6 is 0 Å². The van der Waals surface area contributed by atoms with E-state index in [9.17, 15) is 9.59 Å². The van der Waals surface area contributed by atoms with Crippen molar-refractivity contribution in [3.63, 3.8) is 0 Å². The fourth-order valence-corrected chi connectivity index (χ4v) is 2.98. The highest BCUT2D eigenvalue weighted by Crippen LogP contribution is 2.20. The van der Waals surface area contributed by atoms with Crippen LogP contribution in [0.4, 0.5) is 5.69 Å². The molecule has 0 saturated carbocycles. The number of amides is 2. The number of nitrogens with two attached hydrogens (primary N) is 1. The highest BCUT2D eigenvalue weighted by molar-refractivity contribution is 5.84. The lowest BCUT2D eigenvalue weighted by Gasteiger charge is -2.34. The Kier molecular flexibility index (Phi) is 4.89. The van der Waals surface area contributed by atoms with E-state index in [-0.39, 0.29) is 25.0 Å². The maximum Gasteiger partial charge on any atom is 0.248 e. The van der Waals surface area contributed by atoms with E-state index in [1.807, 2.05) is 25.3 Å². The first-order valence-electron chi connectivity index (χ1n) is 8.25. The van der Waals surface area contributed by atoms with E-state index >= 15 is 0 Å². The molecule has 2 N–H and O–H groups in total. The zero-order chi connectivity index (χ0) is 18.0. The normalized spacial score (nSPS) is 15.0. The first-order valence-corrected chi connectivity index (χ1v) is 8.25. The Labute approximate surface area is 146 Å². The average molecular weight is 345 g/mol. The fraction of sp³-hybridized carbons (Fsp3) is 0.471. The monoisotopic (exact) mass is 345 g/mol. The molecule has 8 nitrogen and oxygen atoms in total. The number of rotatable bonds is 4. The summed E-state index contributed by atoms with van der Waals surface area (Å²) in [5, 5.41) is 5.37. The number of nitrogens with zero attached hydrogens (tertiary/aromatic N) is 4. The smallest absolute Gasteiger partial charge is 0.248 e. The van der Waals surface area contributed by atoms with Crippen molar-refractivity contribution in [2.45, 2.75) is 13.5 Å². The third-order valence-corrected chi connectivity index (χ3v) is 4.49. The van der Waals surface area contributed by atoms with Crippen LogP contribution in [0.1, 0.15) is 5.56 Å². The average Bonchev–Trinajstić information content (AvgIpc) is 2.96. The minimum atomic E-state index is -0.0408. The van der Waals surface area contributed by atoms with Crippen molar-refractivity contribution in [1.29, 1.82) is 0 Å². The molecule has 3 rings (SSSR count). The molecule has 1 aliphatic heterocycles. The molecule has 2 heterocycles. The molecule has 0 bridgehead atoms. The predicted molar refractivity (Wildman–Crippen MR) is 93.9 cm³/mol. The largest absolute Gasteiger partial charge is 0.398 e. The molecule has 1 fully saturated rings. The Hall–Kier alpha value is -2.61. The summed E-state index contributed by atoms with van der Waals surface area (Å²) in [6.07, 6.45) is 1.83. The topological polar surface area (TPSA) is 93.7 Å². The second-order valence-corrected chi connectivity index (χ2v) is 6.29. The number of hydrogen-bond donors (Lipinski definition) is 1. The lowest BCUT2D eigenvalue weighted by atomic mass is 10.1. The molecule has 0 atom stereocenters. The first-order chi connectivity index (χ1) is 12.0. The summed E-state index contributed by atoms with van der Waals surface area (Å²) in [6.45, 7) is 4.32. The van der Waals surface area contributed by atoms with Gasteiger partial charge in [-0.25, -0.2) is 0 Å². The number of nitrogen functional groups attached to an aromatic ring is 1. The van der Waals surface area contributed by atoms with E-state index in [1.165, 1.54) is 7.11 Å². The van der Waals surface area contributed by atoms with Crippen LogP contribution in [0.5, 0.6) is 0 Å². The molecule has 0 radical (unpaired) electrons. The van der Waals surface area contributed by atoms with E-state index in [2.05, 4.69) is 5.10 Å². The number of carbonyl (C=O) groups excluding carboxylic acids is 2. The molecule has 134 valence electrons. The molecule has 0 aliphatic carbocycles. The van der Waals surface area contributed by atoms with Crippen molar-refractivity contribution < 1.29 is 14.3 Å². The number of aromatic nitrogens is 2. The molecule has 0 unspecified atom stereocenters. The third-order valence-electron chi connectivity index (χ3n) is 4.49. The summed E-state index contributed by atoms with van der Waals surface area (Å²) < 4.78 is 6.51. The summed E-state index contributed by atoms with van der Waals surface area (Å²) in [5.41, 5.74) is 8.44. The number of hydrogen-bond acceptors (Lipinski definition) is 5. The quantitative estimate of drug-likeness (QED) is 0.802. The molecular formula is C17H23N5O3. The van der Waals surface area contributed by atoms with Crippen LogP contribution in [0.3, 0.4) is 0 Å². The van der Waals surface area contributed by atoms with Crippen LogP contribution in [0.15, 0.2) is 18.3 Å². The van der Waals surface area contributed by atoms with E-state index in [0.717, 1.165) is 22.2 Å². The van der Waals surface area contributed by atoms with Crippen LogP contribution < -0.4 is 5.73 Å². The lowest BCUT2D eigenvalue weighted by molar-refractivity contribution is -0.142. The zero-order valence-corrected chi connectivity index (χ0v) is 14.6. The standard InChI is InChI=1S/C17H23N5O3/c1-12-7-15-13(8-14(12)18)9-22(19-15)10-16(23)20-3-5-21(6-4-20)17(24)11-25-2/h7-9H,3-6,10-11,18H2,1-2H3. The zero-order valence-electron chi connectivity index (χ0n) is 14.6. The number of fused-ring (bicyclic) bond motifs is 1. The van der Waals surface area contributed by atoms with Gasteiger partial charge in [-0.2, -0.15) is 5.10 Å². The van der Waals surface area contributed by atoms with Gasteiger partial charge in [0.05, 0.1) is 5.52 Å². The van der Waals surface area contributed by atoms with E-state index < -0.39 is 0 Å².